The Balaban J connectivity index is 2.32. The summed E-state index contributed by atoms with van der Waals surface area (Å²) in [6.45, 7) is 8.22. The van der Waals surface area contributed by atoms with Crippen LogP contribution in [0.4, 0.5) is 0 Å². The summed E-state index contributed by atoms with van der Waals surface area (Å²) in [4.78, 5) is 1.44. The van der Waals surface area contributed by atoms with Crippen molar-refractivity contribution in [3.63, 3.8) is 0 Å². The lowest BCUT2D eigenvalue weighted by Crippen LogP contribution is -2.42. The van der Waals surface area contributed by atoms with E-state index in [9.17, 15) is 8.42 Å². The molecule has 0 unspecified atom stereocenters. The van der Waals surface area contributed by atoms with E-state index in [0.29, 0.717) is 21.8 Å². The van der Waals surface area contributed by atoms with Crippen LogP contribution in [0.15, 0.2) is 14.7 Å². The molecule has 0 radical (unpaired) electrons. The molecule has 1 aromatic rings. The summed E-state index contributed by atoms with van der Waals surface area (Å²) >= 11 is 4.90. The van der Waals surface area contributed by atoms with Crippen molar-refractivity contribution in [3.8, 4) is 0 Å². The van der Waals surface area contributed by atoms with Crippen LogP contribution in [0.3, 0.4) is 0 Å². The molecular weight excluding hydrogens is 360 g/mol. The highest BCUT2D eigenvalue weighted by Gasteiger charge is 2.42. The van der Waals surface area contributed by atoms with Crippen molar-refractivity contribution in [3.05, 3.63) is 14.7 Å². The summed E-state index contributed by atoms with van der Waals surface area (Å²) in [5, 5.41) is 3.22. The number of nitrogens with zero attached hydrogens (tertiary/aromatic N) is 1. The minimum absolute atomic E-state index is 0.290. The van der Waals surface area contributed by atoms with E-state index in [1.165, 1.54) is 11.3 Å². The van der Waals surface area contributed by atoms with Crippen molar-refractivity contribution in [2.75, 3.05) is 13.1 Å². The molecule has 1 N–H and O–H groups in total. The molecule has 1 fully saturated rings. The molecule has 0 amide bonds. The second-order valence-electron chi connectivity index (χ2n) is 5.62. The predicted octanol–water partition coefficient (Wildman–Crippen LogP) is 3.18. The molecule has 4 nitrogen and oxygen atoms in total. The number of thiophene rings is 1. The van der Waals surface area contributed by atoms with E-state index in [4.69, 9.17) is 0 Å². The first-order valence-electron chi connectivity index (χ1n) is 6.81. The zero-order valence-electron chi connectivity index (χ0n) is 12.1. The molecule has 0 saturated carbocycles. The normalized spacial score (nSPS) is 19.6. The standard InChI is InChI=1S/C13H21BrN2O2S2/c1-4-15-9-10-8-11(12(14)19-10)20(17,18)16-7-5-6-13(16,2)3/h8,15H,4-7,9H2,1-3H3. The smallest absolute Gasteiger partial charge is 0.245 e. The molecular formula is C13H21BrN2O2S2. The highest BCUT2D eigenvalue weighted by molar-refractivity contribution is 9.11. The lowest BCUT2D eigenvalue weighted by Gasteiger charge is -2.30. The molecule has 0 aliphatic carbocycles. The SMILES string of the molecule is CCNCc1cc(S(=O)(=O)N2CCCC2(C)C)c(Br)s1. The largest absolute Gasteiger partial charge is 0.312 e. The Bertz CT molecular complexity index is 581. The van der Waals surface area contributed by atoms with Crippen LogP contribution in [0, 0.1) is 0 Å². The number of nitrogens with one attached hydrogen (secondary N) is 1. The molecule has 7 heteroatoms. The Hall–Kier alpha value is 0.0500. The monoisotopic (exact) mass is 380 g/mol. The van der Waals surface area contributed by atoms with Crippen molar-refractivity contribution in [2.45, 2.75) is 50.6 Å². The van der Waals surface area contributed by atoms with Crippen molar-refractivity contribution in [1.29, 1.82) is 0 Å². The Morgan fingerprint density at radius 1 is 1.50 bits per heavy atom. The molecule has 1 aliphatic rings. The van der Waals surface area contributed by atoms with E-state index in [0.717, 1.165) is 24.3 Å². The van der Waals surface area contributed by atoms with Gasteiger partial charge in [-0.25, -0.2) is 8.42 Å². The van der Waals surface area contributed by atoms with Crippen molar-refractivity contribution >= 4 is 37.3 Å². The Morgan fingerprint density at radius 2 is 2.20 bits per heavy atom. The van der Waals surface area contributed by atoms with E-state index in [-0.39, 0.29) is 5.54 Å². The third-order valence-corrected chi connectivity index (χ3v) is 8.01. The van der Waals surface area contributed by atoms with E-state index in [2.05, 4.69) is 21.2 Å². The van der Waals surface area contributed by atoms with Gasteiger partial charge in [0.15, 0.2) is 0 Å². The predicted molar refractivity (Wildman–Crippen MR) is 86.6 cm³/mol. The highest BCUT2D eigenvalue weighted by atomic mass is 79.9. The summed E-state index contributed by atoms with van der Waals surface area (Å²) in [5.41, 5.74) is -0.290. The fourth-order valence-electron chi connectivity index (χ4n) is 2.56. The lowest BCUT2D eigenvalue weighted by atomic mass is 10.0. The van der Waals surface area contributed by atoms with Gasteiger partial charge in [0, 0.05) is 23.5 Å². The van der Waals surface area contributed by atoms with Crippen molar-refractivity contribution < 1.29 is 8.42 Å². The first-order valence-corrected chi connectivity index (χ1v) is 9.86. The van der Waals surface area contributed by atoms with Crippen LogP contribution in [0.1, 0.15) is 38.5 Å². The molecule has 1 aliphatic heterocycles. The third-order valence-electron chi connectivity index (χ3n) is 3.65. The third kappa shape index (κ3) is 3.11. The van der Waals surface area contributed by atoms with Crippen LogP contribution in [0.2, 0.25) is 0 Å². The quantitative estimate of drug-likeness (QED) is 0.852. The van der Waals surface area contributed by atoms with Crippen molar-refractivity contribution in [1.82, 2.24) is 9.62 Å². The minimum Gasteiger partial charge on any atom is -0.312 e. The summed E-state index contributed by atoms with van der Waals surface area (Å²) in [5.74, 6) is 0. The van der Waals surface area contributed by atoms with E-state index >= 15 is 0 Å². The molecule has 114 valence electrons. The van der Waals surface area contributed by atoms with Gasteiger partial charge in [0.1, 0.15) is 4.90 Å². The van der Waals surface area contributed by atoms with Crippen molar-refractivity contribution in [2.24, 2.45) is 0 Å². The molecule has 1 saturated heterocycles. The summed E-state index contributed by atoms with van der Waals surface area (Å²) in [6, 6.07) is 1.79. The zero-order chi connectivity index (χ0) is 15.0. The fourth-order valence-corrected chi connectivity index (χ4v) is 7.01. The van der Waals surface area contributed by atoms with Gasteiger partial charge in [0.25, 0.3) is 0 Å². The summed E-state index contributed by atoms with van der Waals surface area (Å²) in [7, 11) is -3.41. The van der Waals surface area contributed by atoms with Gasteiger partial charge in [-0.1, -0.05) is 6.92 Å². The molecule has 0 spiro atoms. The van der Waals surface area contributed by atoms with Gasteiger partial charge in [-0.3, -0.25) is 0 Å². The van der Waals surface area contributed by atoms with Crippen LogP contribution in [0.25, 0.3) is 0 Å². The van der Waals surface area contributed by atoms with Gasteiger partial charge in [-0.15, -0.1) is 11.3 Å². The molecule has 0 bridgehead atoms. The maximum absolute atomic E-state index is 12.8. The number of hydrogen-bond donors (Lipinski definition) is 1. The molecule has 0 atom stereocenters. The van der Waals surface area contributed by atoms with Gasteiger partial charge >= 0.3 is 0 Å². The lowest BCUT2D eigenvalue weighted by molar-refractivity contribution is 0.291. The van der Waals surface area contributed by atoms with Crippen LogP contribution in [-0.4, -0.2) is 31.4 Å². The maximum Gasteiger partial charge on any atom is 0.245 e. The van der Waals surface area contributed by atoms with Crippen LogP contribution in [0.5, 0.6) is 0 Å². The second-order valence-corrected chi connectivity index (χ2v) is 9.91. The van der Waals surface area contributed by atoms with E-state index in [1.54, 1.807) is 10.4 Å². The average Bonchev–Trinajstić information content (AvgIpc) is 2.89. The Morgan fingerprint density at radius 3 is 2.75 bits per heavy atom. The van der Waals surface area contributed by atoms with E-state index in [1.807, 2.05) is 20.8 Å². The first-order chi connectivity index (χ1) is 9.29. The highest BCUT2D eigenvalue weighted by Crippen LogP contribution is 2.39. The van der Waals surface area contributed by atoms with E-state index < -0.39 is 10.0 Å². The van der Waals surface area contributed by atoms with Gasteiger partial charge in [0.2, 0.25) is 10.0 Å². The molecule has 2 rings (SSSR count). The average molecular weight is 381 g/mol. The molecule has 2 heterocycles. The molecule has 0 aromatic carbocycles. The Labute approximate surface area is 133 Å². The second kappa shape index (κ2) is 6.04. The number of halogens is 1. The first kappa shape index (κ1) is 16.4. The van der Waals surface area contributed by atoms with Crippen LogP contribution in [-0.2, 0) is 16.6 Å². The maximum atomic E-state index is 12.8. The number of rotatable bonds is 5. The summed E-state index contributed by atoms with van der Waals surface area (Å²) < 4.78 is 28.0. The zero-order valence-corrected chi connectivity index (χ0v) is 15.3. The molecule has 20 heavy (non-hydrogen) atoms. The van der Waals surface area contributed by atoms with Gasteiger partial charge in [-0.05, 0) is 55.2 Å². The Kier molecular flexibility index (Phi) is 4.96. The number of sulfonamides is 1. The number of hydrogen-bond acceptors (Lipinski definition) is 4. The molecule has 1 aromatic heterocycles. The summed E-state index contributed by atoms with van der Waals surface area (Å²) in [6.07, 6.45) is 1.84. The minimum atomic E-state index is -3.41. The topological polar surface area (TPSA) is 49.4 Å². The fraction of sp³-hybridized carbons (Fsp3) is 0.692. The van der Waals surface area contributed by atoms with Gasteiger partial charge in [-0.2, -0.15) is 4.31 Å². The van der Waals surface area contributed by atoms with Crippen LogP contribution >= 0.6 is 27.3 Å². The van der Waals surface area contributed by atoms with Crippen LogP contribution < -0.4 is 5.32 Å². The van der Waals surface area contributed by atoms with Gasteiger partial charge in [0.05, 0.1) is 3.79 Å². The van der Waals surface area contributed by atoms with Gasteiger partial charge < -0.3 is 5.32 Å².